The Labute approximate surface area is 97.5 Å². The van der Waals surface area contributed by atoms with Gasteiger partial charge in [0, 0.05) is 12.2 Å². The molecule has 0 saturated heterocycles. The fourth-order valence-electron chi connectivity index (χ4n) is 1.48. The molecule has 0 aliphatic heterocycles. The Balaban J connectivity index is 2.75. The molecule has 3 N–H and O–H groups in total. The molecule has 1 aromatic carbocycles. The highest BCUT2D eigenvalue weighted by Crippen LogP contribution is 2.28. The third kappa shape index (κ3) is 3.16. The van der Waals surface area contributed by atoms with E-state index in [2.05, 4.69) is 24.0 Å². The fourth-order valence-corrected chi connectivity index (χ4v) is 1.48. The Morgan fingerprint density at radius 2 is 2.12 bits per heavy atom. The summed E-state index contributed by atoms with van der Waals surface area (Å²) in [5.41, 5.74) is 9.07. The zero-order valence-corrected chi connectivity index (χ0v) is 10.2. The molecule has 0 atom stereocenters. The first-order valence-electron chi connectivity index (χ1n) is 5.56. The molecular weight excluding hydrogens is 198 g/mol. The molecular formula is C13H19N3. The Morgan fingerprint density at radius 1 is 1.44 bits per heavy atom. The van der Waals surface area contributed by atoms with Crippen molar-refractivity contribution in [2.75, 3.05) is 17.6 Å². The van der Waals surface area contributed by atoms with E-state index in [1.165, 1.54) is 0 Å². The van der Waals surface area contributed by atoms with Crippen LogP contribution < -0.4 is 11.1 Å². The maximum absolute atomic E-state index is 7.00. The Morgan fingerprint density at radius 3 is 2.69 bits per heavy atom. The van der Waals surface area contributed by atoms with Gasteiger partial charge in [0.2, 0.25) is 0 Å². The summed E-state index contributed by atoms with van der Waals surface area (Å²) in [5.74, 6) is 0.678. The molecule has 0 fully saturated rings. The highest BCUT2D eigenvalue weighted by atomic mass is 14.9. The second kappa shape index (κ2) is 5.41. The predicted molar refractivity (Wildman–Crippen MR) is 69.8 cm³/mol. The van der Waals surface area contributed by atoms with Crippen LogP contribution in [0.15, 0.2) is 12.1 Å². The van der Waals surface area contributed by atoms with E-state index in [1.54, 1.807) is 6.07 Å². The SMILES string of the molecule is [C-]#[N+]c1cc(N)c(NCCC(C)C)cc1C. The van der Waals surface area contributed by atoms with Gasteiger partial charge in [-0.2, -0.15) is 0 Å². The van der Waals surface area contributed by atoms with Gasteiger partial charge < -0.3 is 11.1 Å². The van der Waals surface area contributed by atoms with Gasteiger partial charge in [-0.3, -0.25) is 0 Å². The maximum atomic E-state index is 7.00. The van der Waals surface area contributed by atoms with Crippen LogP contribution in [0.3, 0.4) is 0 Å². The van der Waals surface area contributed by atoms with E-state index in [4.69, 9.17) is 12.3 Å². The summed E-state index contributed by atoms with van der Waals surface area (Å²) in [7, 11) is 0. The second-order valence-electron chi connectivity index (χ2n) is 4.45. The number of nitrogens with two attached hydrogens (primary N) is 1. The predicted octanol–water partition coefficient (Wildman–Crippen LogP) is 3.59. The van der Waals surface area contributed by atoms with Crippen LogP contribution in [0.4, 0.5) is 17.1 Å². The number of nitrogens with one attached hydrogen (secondary N) is 1. The highest BCUT2D eigenvalue weighted by Gasteiger charge is 2.04. The molecule has 0 aromatic heterocycles. The van der Waals surface area contributed by atoms with Gasteiger partial charge in [0.1, 0.15) is 0 Å². The second-order valence-corrected chi connectivity index (χ2v) is 4.45. The maximum Gasteiger partial charge on any atom is 0.192 e. The van der Waals surface area contributed by atoms with E-state index in [9.17, 15) is 0 Å². The van der Waals surface area contributed by atoms with Gasteiger partial charge >= 0.3 is 0 Å². The molecule has 0 unspecified atom stereocenters. The monoisotopic (exact) mass is 217 g/mol. The molecule has 16 heavy (non-hydrogen) atoms. The lowest BCUT2D eigenvalue weighted by Gasteiger charge is -2.12. The van der Waals surface area contributed by atoms with Crippen LogP contribution in [-0.4, -0.2) is 6.54 Å². The van der Waals surface area contributed by atoms with E-state index in [-0.39, 0.29) is 0 Å². The van der Waals surface area contributed by atoms with Gasteiger partial charge in [0.25, 0.3) is 0 Å². The van der Waals surface area contributed by atoms with Crippen LogP contribution in [0.25, 0.3) is 4.85 Å². The molecule has 0 amide bonds. The van der Waals surface area contributed by atoms with E-state index in [0.717, 1.165) is 24.2 Å². The fraction of sp³-hybridized carbons (Fsp3) is 0.462. The summed E-state index contributed by atoms with van der Waals surface area (Å²) in [4.78, 5) is 3.42. The van der Waals surface area contributed by atoms with Crippen LogP contribution in [0, 0.1) is 19.4 Å². The van der Waals surface area contributed by atoms with Crippen molar-refractivity contribution in [2.24, 2.45) is 5.92 Å². The summed E-state index contributed by atoms with van der Waals surface area (Å²) >= 11 is 0. The van der Waals surface area contributed by atoms with Crippen molar-refractivity contribution >= 4 is 17.1 Å². The molecule has 0 radical (unpaired) electrons. The van der Waals surface area contributed by atoms with Crippen LogP contribution in [-0.2, 0) is 0 Å². The number of hydrogen-bond donors (Lipinski definition) is 2. The van der Waals surface area contributed by atoms with Crippen molar-refractivity contribution in [3.63, 3.8) is 0 Å². The quantitative estimate of drug-likeness (QED) is 0.598. The minimum absolute atomic E-state index is 0.631. The lowest BCUT2D eigenvalue weighted by atomic mass is 10.1. The standard InChI is InChI=1S/C13H19N3/c1-9(2)5-6-16-13-7-10(3)12(15-4)8-11(13)14/h7-9,16H,5-6,14H2,1-3H3. The smallest absolute Gasteiger partial charge is 0.192 e. The molecule has 1 aromatic rings. The van der Waals surface area contributed by atoms with Crippen molar-refractivity contribution in [3.8, 4) is 0 Å². The molecule has 3 heteroatoms. The minimum Gasteiger partial charge on any atom is -0.398 e. The molecule has 0 bridgehead atoms. The molecule has 0 heterocycles. The van der Waals surface area contributed by atoms with E-state index in [1.807, 2.05) is 13.0 Å². The van der Waals surface area contributed by atoms with Crippen molar-refractivity contribution in [3.05, 3.63) is 29.1 Å². The summed E-state index contributed by atoms with van der Waals surface area (Å²) in [6.45, 7) is 14.2. The average Bonchev–Trinajstić information content (AvgIpc) is 2.22. The van der Waals surface area contributed by atoms with E-state index in [0.29, 0.717) is 17.3 Å². The van der Waals surface area contributed by atoms with Crippen LogP contribution in [0.5, 0.6) is 0 Å². The summed E-state index contributed by atoms with van der Waals surface area (Å²) in [6, 6.07) is 3.68. The van der Waals surface area contributed by atoms with Gasteiger partial charge in [-0.15, -0.1) is 0 Å². The molecule has 0 saturated carbocycles. The summed E-state index contributed by atoms with van der Waals surface area (Å²) in [5, 5.41) is 3.31. The van der Waals surface area contributed by atoms with Gasteiger partial charge in [0.15, 0.2) is 5.69 Å². The minimum atomic E-state index is 0.631. The molecule has 0 aliphatic carbocycles. The molecule has 3 nitrogen and oxygen atoms in total. The number of aryl methyl sites for hydroxylation is 1. The Hall–Kier alpha value is -1.69. The average molecular weight is 217 g/mol. The van der Waals surface area contributed by atoms with Crippen molar-refractivity contribution in [1.29, 1.82) is 0 Å². The van der Waals surface area contributed by atoms with Gasteiger partial charge in [-0.05, 0) is 37.0 Å². The van der Waals surface area contributed by atoms with Crippen molar-refractivity contribution in [1.82, 2.24) is 0 Å². The Kier molecular flexibility index (Phi) is 4.19. The van der Waals surface area contributed by atoms with Gasteiger partial charge in [0.05, 0.1) is 12.3 Å². The largest absolute Gasteiger partial charge is 0.398 e. The lowest BCUT2D eigenvalue weighted by Crippen LogP contribution is -2.06. The van der Waals surface area contributed by atoms with E-state index < -0.39 is 0 Å². The lowest BCUT2D eigenvalue weighted by molar-refractivity contribution is 0.607. The third-order valence-electron chi connectivity index (χ3n) is 2.53. The zero-order chi connectivity index (χ0) is 12.1. The van der Waals surface area contributed by atoms with Crippen LogP contribution >= 0.6 is 0 Å². The van der Waals surface area contributed by atoms with Crippen LogP contribution in [0.2, 0.25) is 0 Å². The normalized spacial score (nSPS) is 10.2. The van der Waals surface area contributed by atoms with Crippen molar-refractivity contribution in [2.45, 2.75) is 27.2 Å². The third-order valence-corrected chi connectivity index (χ3v) is 2.53. The first kappa shape index (κ1) is 12.4. The number of anilines is 2. The van der Waals surface area contributed by atoms with Gasteiger partial charge in [-0.25, -0.2) is 4.85 Å². The van der Waals surface area contributed by atoms with E-state index >= 15 is 0 Å². The first-order chi connectivity index (χ1) is 7.54. The number of nitrogens with zero attached hydrogens (tertiary/aromatic N) is 1. The molecule has 86 valence electrons. The van der Waals surface area contributed by atoms with Crippen molar-refractivity contribution < 1.29 is 0 Å². The molecule has 1 rings (SSSR count). The highest BCUT2D eigenvalue weighted by molar-refractivity contribution is 5.74. The number of nitrogen functional groups attached to an aromatic ring is 1. The first-order valence-corrected chi connectivity index (χ1v) is 5.56. The summed E-state index contributed by atoms with van der Waals surface area (Å²) in [6.07, 6.45) is 1.11. The molecule has 0 spiro atoms. The number of hydrogen-bond acceptors (Lipinski definition) is 2. The Bertz CT molecular complexity index is 402. The number of rotatable bonds is 4. The molecule has 0 aliphatic rings. The van der Waals surface area contributed by atoms with Gasteiger partial charge in [-0.1, -0.05) is 13.8 Å². The zero-order valence-electron chi connectivity index (χ0n) is 10.2. The number of benzene rings is 1. The topological polar surface area (TPSA) is 42.4 Å². The summed E-state index contributed by atoms with van der Waals surface area (Å²) < 4.78 is 0. The van der Waals surface area contributed by atoms with Crippen LogP contribution in [0.1, 0.15) is 25.8 Å².